The van der Waals surface area contributed by atoms with E-state index in [1.165, 1.54) is 32.1 Å². The van der Waals surface area contributed by atoms with Crippen molar-refractivity contribution in [3.63, 3.8) is 0 Å². The van der Waals surface area contributed by atoms with Crippen molar-refractivity contribution in [2.45, 2.75) is 51.0 Å². The summed E-state index contributed by atoms with van der Waals surface area (Å²) >= 11 is 0. The van der Waals surface area contributed by atoms with Crippen molar-refractivity contribution in [3.05, 3.63) is 0 Å². The molecule has 4 aliphatic carbocycles. The third-order valence-corrected chi connectivity index (χ3v) is 6.20. The summed E-state index contributed by atoms with van der Waals surface area (Å²) in [5.41, 5.74) is 0. The summed E-state index contributed by atoms with van der Waals surface area (Å²) in [7, 11) is 0. The van der Waals surface area contributed by atoms with Crippen molar-refractivity contribution in [3.8, 4) is 0 Å². The molecule has 3 heteroatoms. The number of piperidine rings is 1. The monoisotopic (exact) mass is 262 g/mol. The van der Waals surface area contributed by atoms with Gasteiger partial charge in [0.05, 0.1) is 5.92 Å². The van der Waals surface area contributed by atoms with Gasteiger partial charge in [-0.2, -0.15) is 0 Å². The van der Waals surface area contributed by atoms with E-state index >= 15 is 0 Å². The topological polar surface area (TPSA) is 41.1 Å². The molecule has 5 aliphatic rings. The number of nitrogens with one attached hydrogen (secondary N) is 2. The van der Waals surface area contributed by atoms with Gasteiger partial charge in [-0.1, -0.05) is 0 Å². The first kappa shape index (κ1) is 12.2. The van der Waals surface area contributed by atoms with Crippen LogP contribution in [0.15, 0.2) is 0 Å². The highest BCUT2D eigenvalue weighted by Crippen LogP contribution is 2.53. The van der Waals surface area contributed by atoms with Crippen molar-refractivity contribution in [1.29, 1.82) is 0 Å². The van der Waals surface area contributed by atoms with Gasteiger partial charge in [0.2, 0.25) is 5.91 Å². The zero-order chi connectivity index (χ0) is 12.8. The lowest BCUT2D eigenvalue weighted by atomic mass is 9.54. The van der Waals surface area contributed by atoms with E-state index in [-0.39, 0.29) is 5.92 Å². The quantitative estimate of drug-likeness (QED) is 0.798. The van der Waals surface area contributed by atoms with Crippen LogP contribution >= 0.6 is 0 Å². The minimum absolute atomic E-state index is 0.228. The predicted octanol–water partition coefficient (Wildman–Crippen LogP) is 1.93. The molecule has 5 fully saturated rings. The molecule has 1 amide bonds. The van der Waals surface area contributed by atoms with E-state index in [4.69, 9.17) is 0 Å². The molecule has 0 spiro atoms. The van der Waals surface area contributed by atoms with Crippen LogP contribution in [-0.4, -0.2) is 25.0 Å². The molecule has 5 rings (SSSR count). The fourth-order valence-electron chi connectivity index (χ4n) is 5.52. The van der Waals surface area contributed by atoms with E-state index in [0.717, 1.165) is 49.6 Å². The molecule has 1 heterocycles. The number of carbonyl (C=O) groups excluding carboxylic acids is 1. The Balaban J connectivity index is 1.41. The van der Waals surface area contributed by atoms with Crippen LogP contribution in [0.2, 0.25) is 0 Å². The maximum Gasteiger partial charge on any atom is 0.224 e. The molecular weight excluding hydrogens is 236 g/mol. The Morgan fingerprint density at radius 3 is 2.26 bits per heavy atom. The Morgan fingerprint density at radius 2 is 1.68 bits per heavy atom. The van der Waals surface area contributed by atoms with Crippen molar-refractivity contribution in [1.82, 2.24) is 10.6 Å². The lowest BCUT2D eigenvalue weighted by Gasteiger charge is -2.54. The molecule has 3 nitrogen and oxygen atoms in total. The summed E-state index contributed by atoms with van der Waals surface area (Å²) in [5.74, 6) is 4.16. The minimum Gasteiger partial charge on any atom is -0.353 e. The number of hydrogen-bond acceptors (Lipinski definition) is 2. The van der Waals surface area contributed by atoms with Crippen molar-refractivity contribution in [2.24, 2.45) is 29.6 Å². The number of rotatable bonds is 2. The van der Waals surface area contributed by atoms with Crippen LogP contribution in [0.4, 0.5) is 0 Å². The van der Waals surface area contributed by atoms with Crippen LogP contribution in [-0.2, 0) is 4.79 Å². The van der Waals surface area contributed by atoms with Gasteiger partial charge in [-0.05, 0) is 75.2 Å². The first-order valence-electron chi connectivity index (χ1n) is 8.30. The van der Waals surface area contributed by atoms with Crippen LogP contribution < -0.4 is 10.6 Å². The first-order chi connectivity index (χ1) is 9.29. The molecule has 19 heavy (non-hydrogen) atoms. The minimum atomic E-state index is 0.228. The predicted molar refractivity (Wildman–Crippen MR) is 74.6 cm³/mol. The molecule has 1 unspecified atom stereocenters. The highest BCUT2D eigenvalue weighted by Gasteiger charge is 2.48. The van der Waals surface area contributed by atoms with Gasteiger partial charge in [-0.25, -0.2) is 0 Å². The van der Waals surface area contributed by atoms with Gasteiger partial charge in [0.1, 0.15) is 0 Å². The van der Waals surface area contributed by atoms with Gasteiger partial charge < -0.3 is 10.6 Å². The van der Waals surface area contributed by atoms with E-state index in [0.29, 0.717) is 11.9 Å². The van der Waals surface area contributed by atoms with Crippen molar-refractivity contribution >= 4 is 5.91 Å². The van der Waals surface area contributed by atoms with E-state index in [2.05, 4.69) is 10.6 Å². The Kier molecular flexibility index (Phi) is 3.06. The molecule has 0 aromatic rings. The zero-order valence-corrected chi connectivity index (χ0v) is 11.7. The number of hydrogen-bond donors (Lipinski definition) is 2. The maximum absolute atomic E-state index is 12.4. The summed E-state index contributed by atoms with van der Waals surface area (Å²) in [6, 6.07) is 0.516. The fourth-order valence-corrected chi connectivity index (χ4v) is 5.52. The van der Waals surface area contributed by atoms with Gasteiger partial charge in [-0.3, -0.25) is 4.79 Å². The van der Waals surface area contributed by atoms with Gasteiger partial charge in [-0.15, -0.1) is 0 Å². The van der Waals surface area contributed by atoms with E-state index < -0.39 is 0 Å². The van der Waals surface area contributed by atoms with Crippen LogP contribution in [0.25, 0.3) is 0 Å². The van der Waals surface area contributed by atoms with Crippen LogP contribution in [0.1, 0.15) is 44.9 Å². The SMILES string of the molecule is O=C(NC1C2CC3CC(C2)CC1C3)C1CCCNC1. The molecule has 0 radical (unpaired) electrons. The van der Waals surface area contributed by atoms with Crippen LogP contribution in [0, 0.1) is 29.6 Å². The van der Waals surface area contributed by atoms with Gasteiger partial charge in [0, 0.05) is 12.6 Å². The molecule has 4 bridgehead atoms. The zero-order valence-electron chi connectivity index (χ0n) is 11.7. The van der Waals surface area contributed by atoms with E-state index in [1.54, 1.807) is 0 Å². The van der Waals surface area contributed by atoms with Crippen LogP contribution in [0.5, 0.6) is 0 Å². The van der Waals surface area contributed by atoms with Crippen molar-refractivity contribution in [2.75, 3.05) is 13.1 Å². The Labute approximate surface area is 115 Å². The summed E-state index contributed by atoms with van der Waals surface area (Å²) < 4.78 is 0. The largest absolute Gasteiger partial charge is 0.353 e. The second-order valence-electron chi connectivity index (χ2n) is 7.51. The molecule has 2 N–H and O–H groups in total. The molecule has 0 aromatic heterocycles. The highest BCUT2D eigenvalue weighted by molar-refractivity contribution is 5.79. The lowest BCUT2D eigenvalue weighted by Crippen LogP contribution is -2.57. The third kappa shape index (κ3) is 2.20. The maximum atomic E-state index is 12.4. The molecule has 4 saturated carbocycles. The summed E-state index contributed by atoms with van der Waals surface area (Å²) in [6.45, 7) is 1.97. The molecule has 1 atom stereocenters. The fraction of sp³-hybridized carbons (Fsp3) is 0.938. The Bertz CT molecular complexity index is 334. The normalized spacial score (nSPS) is 48.2. The molecule has 106 valence electrons. The number of amides is 1. The molecule has 0 aromatic carbocycles. The lowest BCUT2D eigenvalue weighted by molar-refractivity contribution is -0.129. The highest BCUT2D eigenvalue weighted by atomic mass is 16.2. The van der Waals surface area contributed by atoms with E-state index in [9.17, 15) is 4.79 Å². The molecule has 1 saturated heterocycles. The average molecular weight is 262 g/mol. The van der Waals surface area contributed by atoms with Crippen molar-refractivity contribution < 1.29 is 4.79 Å². The Morgan fingerprint density at radius 1 is 1.00 bits per heavy atom. The second-order valence-corrected chi connectivity index (χ2v) is 7.51. The molecular formula is C16H26N2O. The van der Waals surface area contributed by atoms with Gasteiger partial charge >= 0.3 is 0 Å². The van der Waals surface area contributed by atoms with E-state index in [1.807, 2.05) is 0 Å². The summed E-state index contributed by atoms with van der Waals surface area (Å²) in [5, 5.41) is 6.81. The smallest absolute Gasteiger partial charge is 0.224 e. The summed E-state index contributed by atoms with van der Waals surface area (Å²) in [6.07, 6.45) is 9.27. The standard InChI is InChI=1S/C16H26N2O/c19-16(12-2-1-3-17-9-12)18-15-13-5-10-4-11(7-13)8-14(15)6-10/h10-15,17H,1-9H2,(H,18,19). The Hall–Kier alpha value is -0.570. The average Bonchev–Trinajstić information content (AvgIpc) is 2.43. The van der Waals surface area contributed by atoms with Crippen LogP contribution in [0.3, 0.4) is 0 Å². The second kappa shape index (κ2) is 4.76. The molecule has 1 aliphatic heterocycles. The number of carbonyl (C=O) groups is 1. The van der Waals surface area contributed by atoms with Gasteiger partial charge in [0.15, 0.2) is 0 Å². The first-order valence-corrected chi connectivity index (χ1v) is 8.30. The third-order valence-electron chi connectivity index (χ3n) is 6.20. The van der Waals surface area contributed by atoms with Gasteiger partial charge in [0.25, 0.3) is 0 Å². The summed E-state index contributed by atoms with van der Waals surface area (Å²) in [4.78, 5) is 12.4.